The monoisotopic (exact) mass is 207 g/mol. The molecule has 3 rings (SSSR count). The molecule has 0 aliphatic carbocycles. The Morgan fingerprint density at radius 1 is 1.47 bits per heavy atom. The summed E-state index contributed by atoms with van der Waals surface area (Å²) in [7, 11) is 0. The molecule has 0 amide bonds. The molecule has 2 aliphatic heterocycles. The standard InChI is InChI=1S/C11H17N3O/c1-3-9(7-12-4-1)10-8-13-14-5-2-6-15-11(10)14/h8-9,12H,1-7H2. The largest absolute Gasteiger partial charge is 0.478 e. The Kier molecular flexibility index (Phi) is 2.37. The molecule has 0 radical (unpaired) electrons. The van der Waals surface area contributed by atoms with Crippen molar-refractivity contribution in [3.05, 3.63) is 11.8 Å². The van der Waals surface area contributed by atoms with Gasteiger partial charge in [0.05, 0.1) is 12.8 Å². The van der Waals surface area contributed by atoms with Gasteiger partial charge >= 0.3 is 0 Å². The molecular weight excluding hydrogens is 190 g/mol. The summed E-state index contributed by atoms with van der Waals surface area (Å²) in [5.74, 6) is 1.62. The lowest BCUT2D eigenvalue weighted by Crippen LogP contribution is -2.28. The van der Waals surface area contributed by atoms with Gasteiger partial charge in [0.1, 0.15) is 0 Å². The van der Waals surface area contributed by atoms with Gasteiger partial charge in [-0.3, -0.25) is 0 Å². The maximum Gasteiger partial charge on any atom is 0.215 e. The fraction of sp³-hybridized carbons (Fsp3) is 0.727. The summed E-state index contributed by atoms with van der Waals surface area (Å²) in [6, 6.07) is 0. The molecule has 4 heteroatoms. The molecule has 1 aromatic rings. The lowest BCUT2D eigenvalue weighted by Gasteiger charge is -2.24. The van der Waals surface area contributed by atoms with Gasteiger partial charge < -0.3 is 10.1 Å². The van der Waals surface area contributed by atoms with Crippen molar-refractivity contribution in [2.45, 2.75) is 31.7 Å². The molecule has 15 heavy (non-hydrogen) atoms. The van der Waals surface area contributed by atoms with E-state index in [1.54, 1.807) is 0 Å². The fourth-order valence-corrected chi connectivity index (χ4v) is 2.49. The second kappa shape index (κ2) is 3.85. The van der Waals surface area contributed by atoms with E-state index in [1.807, 2.05) is 10.9 Å². The van der Waals surface area contributed by atoms with E-state index in [0.29, 0.717) is 5.92 Å². The van der Waals surface area contributed by atoms with Crippen molar-refractivity contribution in [2.75, 3.05) is 19.7 Å². The average Bonchev–Trinajstić information content (AvgIpc) is 2.74. The normalized spacial score (nSPS) is 25.7. The number of aryl methyl sites for hydroxylation is 1. The van der Waals surface area contributed by atoms with Crippen LogP contribution in [0.15, 0.2) is 6.20 Å². The lowest BCUT2D eigenvalue weighted by atomic mass is 9.93. The molecule has 2 aliphatic rings. The first-order valence-electron chi connectivity index (χ1n) is 5.84. The molecule has 1 atom stereocenters. The van der Waals surface area contributed by atoms with Crippen molar-refractivity contribution in [1.82, 2.24) is 15.1 Å². The molecule has 1 unspecified atom stereocenters. The Labute approximate surface area is 89.6 Å². The Balaban J connectivity index is 1.87. The second-order valence-electron chi connectivity index (χ2n) is 4.37. The molecule has 1 saturated heterocycles. The van der Waals surface area contributed by atoms with Crippen LogP contribution in [0.3, 0.4) is 0 Å². The quantitative estimate of drug-likeness (QED) is 0.750. The van der Waals surface area contributed by atoms with Gasteiger partial charge in [0.15, 0.2) is 0 Å². The maximum atomic E-state index is 5.72. The van der Waals surface area contributed by atoms with Crippen molar-refractivity contribution in [2.24, 2.45) is 0 Å². The smallest absolute Gasteiger partial charge is 0.215 e. The van der Waals surface area contributed by atoms with E-state index in [4.69, 9.17) is 4.74 Å². The van der Waals surface area contributed by atoms with Crippen LogP contribution in [0, 0.1) is 0 Å². The first kappa shape index (κ1) is 9.21. The zero-order chi connectivity index (χ0) is 10.1. The Hall–Kier alpha value is -1.03. The lowest BCUT2D eigenvalue weighted by molar-refractivity contribution is 0.226. The van der Waals surface area contributed by atoms with Gasteiger partial charge in [0.25, 0.3) is 0 Å². The van der Waals surface area contributed by atoms with Gasteiger partial charge in [-0.25, -0.2) is 4.68 Å². The van der Waals surface area contributed by atoms with E-state index in [-0.39, 0.29) is 0 Å². The minimum atomic E-state index is 0.598. The molecule has 0 spiro atoms. The van der Waals surface area contributed by atoms with Crippen molar-refractivity contribution in [1.29, 1.82) is 0 Å². The van der Waals surface area contributed by atoms with Crippen LogP contribution >= 0.6 is 0 Å². The number of nitrogens with zero attached hydrogens (tertiary/aromatic N) is 2. The number of piperidine rings is 1. The number of hydrogen-bond donors (Lipinski definition) is 1. The predicted molar refractivity (Wildman–Crippen MR) is 57.2 cm³/mol. The molecule has 1 fully saturated rings. The van der Waals surface area contributed by atoms with Gasteiger partial charge in [-0.1, -0.05) is 0 Å². The topological polar surface area (TPSA) is 39.1 Å². The summed E-state index contributed by atoms with van der Waals surface area (Å²) in [6.45, 7) is 4.08. The molecule has 1 N–H and O–H groups in total. The zero-order valence-corrected chi connectivity index (χ0v) is 8.91. The minimum Gasteiger partial charge on any atom is -0.478 e. The number of nitrogens with one attached hydrogen (secondary N) is 1. The SMILES string of the molecule is c1nn2c(c1C1CCCNC1)OCCC2. The van der Waals surface area contributed by atoms with E-state index in [0.717, 1.165) is 38.5 Å². The van der Waals surface area contributed by atoms with Crippen LogP contribution < -0.4 is 10.1 Å². The number of hydrogen-bond acceptors (Lipinski definition) is 3. The molecule has 0 aromatic carbocycles. The van der Waals surface area contributed by atoms with Gasteiger partial charge in [-0.15, -0.1) is 0 Å². The van der Waals surface area contributed by atoms with E-state index in [1.165, 1.54) is 18.4 Å². The Morgan fingerprint density at radius 2 is 2.47 bits per heavy atom. The first-order valence-corrected chi connectivity index (χ1v) is 5.84. The number of ether oxygens (including phenoxy) is 1. The van der Waals surface area contributed by atoms with Crippen LogP contribution in [0.2, 0.25) is 0 Å². The zero-order valence-electron chi connectivity index (χ0n) is 8.91. The predicted octanol–water partition coefficient (Wildman–Crippen LogP) is 1.13. The Bertz CT molecular complexity index is 342. The molecule has 3 heterocycles. The van der Waals surface area contributed by atoms with Gasteiger partial charge in [0, 0.05) is 31.0 Å². The van der Waals surface area contributed by atoms with Crippen LogP contribution in [-0.2, 0) is 6.54 Å². The van der Waals surface area contributed by atoms with Gasteiger partial charge in [0.2, 0.25) is 5.88 Å². The van der Waals surface area contributed by atoms with Crippen molar-refractivity contribution in [3.8, 4) is 5.88 Å². The molecule has 0 saturated carbocycles. The van der Waals surface area contributed by atoms with Crippen molar-refractivity contribution >= 4 is 0 Å². The van der Waals surface area contributed by atoms with Crippen molar-refractivity contribution < 1.29 is 4.74 Å². The number of rotatable bonds is 1. The first-order chi connectivity index (χ1) is 7.45. The van der Waals surface area contributed by atoms with Crippen LogP contribution in [0.5, 0.6) is 5.88 Å². The number of fused-ring (bicyclic) bond motifs is 1. The molecule has 82 valence electrons. The molecule has 1 aromatic heterocycles. The average molecular weight is 207 g/mol. The highest BCUT2D eigenvalue weighted by molar-refractivity contribution is 5.29. The summed E-state index contributed by atoms with van der Waals surface area (Å²) in [6.07, 6.45) is 5.60. The fourth-order valence-electron chi connectivity index (χ4n) is 2.49. The minimum absolute atomic E-state index is 0.598. The summed E-state index contributed by atoms with van der Waals surface area (Å²) < 4.78 is 7.73. The maximum absolute atomic E-state index is 5.72. The van der Waals surface area contributed by atoms with E-state index < -0.39 is 0 Å². The van der Waals surface area contributed by atoms with Gasteiger partial charge in [-0.2, -0.15) is 5.10 Å². The molecular formula is C11H17N3O. The summed E-state index contributed by atoms with van der Waals surface area (Å²) in [5.41, 5.74) is 1.31. The third-order valence-electron chi connectivity index (χ3n) is 3.31. The van der Waals surface area contributed by atoms with E-state index in [2.05, 4.69) is 10.4 Å². The highest BCUT2D eigenvalue weighted by atomic mass is 16.5. The third-order valence-corrected chi connectivity index (χ3v) is 3.31. The van der Waals surface area contributed by atoms with E-state index in [9.17, 15) is 0 Å². The summed E-state index contributed by atoms with van der Waals surface area (Å²) >= 11 is 0. The molecule has 0 bridgehead atoms. The Morgan fingerprint density at radius 3 is 3.33 bits per heavy atom. The highest BCUT2D eigenvalue weighted by Gasteiger charge is 2.24. The highest BCUT2D eigenvalue weighted by Crippen LogP contribution is 2.32. The van der Waals surface area contributed by atoms with Crippen LogP contribution in [0.1, 0.15) is 30.7 Å². The second-order valence-corrected chi connectivity index (χ2v) is 4.37. The van der Waals surface area contributed by atoms with Crippen LogP contribution in [0.4, 0.5) is 0 Å². The van der Waals surface area contributed by atoms with Crippen molar-refractivity contribution in [3.63, 3.8) is 0 Å². The molecule has 4 nitrogen and oxygen atoms in total. The van der Waals surface area contributed by atoms with Gasteiger partial charge in [-0.05, 0) is 19.4 Å². The van der Waals surface area contributed by atoms with Crippen LogP contribution in [-0.4, -0.2) is 29.5 Å². The number of aromatic nitrogens is 2. The summed E-state index contributed by atoms with van der Waals surface area (Å²) in [5, 5.41) is 7.83. The van der Waals surface area contributed by atoms with E-state index >= 15 is 0 Å². The third kappa shape index (κ3) is 1.63. The summed E-state index contributed by atoms with van der Waals surface area (Å²) in [4.78, 5) is 0. The van der Waals surface area contributed by atoms with Crippen LogP contribution in [0.25, 0.3) is 0 Å².